The van der Waals surface area contributed by atoms with E-state index >= 15 is 0 Å². The summed E-state index contributed by atoms with van der Waals surface area (Å²) < 4.78 is 18.4. The molecule has 0 radical (unpaired) electrons. The van der Waals surface area contributed by atoms with Crippen molar-refractivity contribution in [1.82, 2.24) is 4.90 Å². The molecule has 1 saturated heterocycles. The number of nitrogens with two attached hydrogens (primary N) is 2. The van der Waals surface area contributed by atoms with Gasteiger partial charge in [0.05, 0.1) is 6.54 Å². The molecule has 4 N–H and O–H groups in total. The Morgan fingerprint density at radius 1 is 1.41 bits per heavy atom. The Hall–Kier alpha value is -0.880. The monoisotopic (exact) mass is 249 g/mol. The number of ether oxygens (including phenoxy) is 1. The van der Waals surface area contributed by atoms with E-state index in [1.807, 2.05) is 0 Å². The minimum Gasteiger partial charge on any atom is -0.444 e. The number of piperidine rings is 1. The second kappa shape index (κ2) is 6.76. The number of halogens is 1. The van der Waals surface area contributed by atoms with Crippen molar-refractivity contribution in [3.63, 3.8) is 0 Å². The van der Waals surface area contributed by atoms with E-state index in [0.717, 1.165) is 0 Å². The van der Waals surface area contributed by atoms with Crippen LogP contribution in [0.15, 0.2) is 0 Å². The third-order valence-corrected chi connectivity index (χ3v) is 2.24. The zero-order valence-corrected chi connectivity index (χ0v) is 11.1. The first-order chi connectivity index (χ1) is 7.79. The summed E-state index contributed by atoms with van der Waals surface area (Å²) in [5.74, 6) is 0. The molecule has 1 heterocycles. The lowest BCUT2D eigenvalue weighted by atomic mass is 10.0. The molecule has 17 heavy (non-hydrogen) atoms. The first kappa shape index (κ1) is 16.1. The van der Waals surface area contributed by atoms with Crippen LogP contribution < -0.4 is 11.5 Å². The van der Waals surface area contributed by atoms with Crippen LogP contribution in [-0.2, 0) is 4.74 Å². The van der Waals surface area contributed by atoms with E-state index < -0.39 is 23.9 Å². The number of alkyl halides is 1. The van der Waals surface area contributed by atoms with E-state index in [1.54, 1.807) is 20.8 Å². The minimum absolute atomic E-state index is 0.0378. The molecule has 102 valence electrons. The van der Waals surface area contributed by atoms with Crippen molar-refractivity contribution in [3.05, 3.63) is 0 Å². The predicted octanol–water partition coefficient (Wildman–Crippen LogP) is 0.868. The average molecular weight is 249 g/mol. The average Bonchev–Trinajstić information content (AvgIpc) is 2.22. The fraction of sp³-hybridized carbons (Fsp3) is 0.909. The van der Waals surface area contributed by atoms with Gasteiger partial charge in [0.1, 0.15) is 11.8 Å². The van der Waals surface area contributed by atoms with Gasteiger partial charge in [0, 0.05) is 12.6 Å². The van der Waals surface area contributed by atoms with E-state index in [1.165, 1.54) is 11.9 Å². The summed E-state index contributed by atoms with van der Waals surface area (Å²) in [7, 11) is 1.50. The predicted molar refractivity (Wildman–Crippen MR) is 65.4 cm³/mol. The highest BCUT2D eigenvalue weighted by molar-refractivity contribution is 5.68. The smallest absolute Gasteiger partial charge is 0.410 e. The van der Waals surface area contributed by atoms with Crippen LogP contribution in [0.4, 0.5) is 9.18 Å². The zero-order chi connectivity index (χ0) is 13.6. The molecule has 2 unspecified atom stereocenters. The van der Waals surface area contributed by atoms with Gasteiger partial charge in [-0.1, -0.05) is 0 Å². The van der Waals surface area contributed by atoms with Crippen LogP contribution in [0.25, 0.3) is 0 Å². The van der Waals surface area contributed by atoms with E-state index in [-0.39, 0.29) is 6.54 Å². The lowest BCUT2D eigenvalue weighted by Gasteiger charge is -2.34. The number of rotatable bonds is 0. The van der Waals surface area contributed by atoms with Gasteiger partial charge in [-0.2, -0.15) is 0 Å². The molecule has 5 nitrogen and oxygen atoms in total. The molecule has 6 heteroatoms. The Morgan fingerprint density at radius 3 is 2.35 bits per heavy atom. The quantitative estimate of drug-likeness (QED) is 0.667. The number of hydrogen-bond donors (Lipinski definition) is 2. The van der Waals surface area contributed by atoms with Crippen LogP contribution in [0, 0.1) is 0 Å². The van der Waals surface area contributed by atoms with Crippen molar-refractivity contribution in [2.45, 2.75) is 45.0 Å². The van der Waals surface area contributed by atoms with Gasteiger partial charge in [0.15, 0.2) is 0 Å². The Bertz CT molecular complexity index is 243. The molecule has 0 aliphatic carbocycles. The summed E-state index contributed by atoms with van der Waals surface area (Å²) in [5.41, 5.74) is 9.47. The molecular weight excluding hydrogens is 225 g/mol. The van der Waals surface area contributed by atoms with Crippen molar-refractivity contribution in [2.24, 2.45) is 11.5 Å². The van der Waals surface area contributed by atoms with E-state index in [9.17, 15) is 9.18 Å². The number of carbonyl (C=O) groups is 1. The maximum absolute atomic E-state index is 13.2. The van der Waals surface area contributed by atoms with Gasteiger partial charge >= 0.3 is 6.09 Å². The number of hydrogen-bond acceptors (Lipinski definition) is 4. The van der Waals surface area contributed by atoms with Crippen molar-refractivity contribution in [1.29, 1.82) is 0 Å². The first-order valence-corrected chi connectivity index (χ1v) is 5.75. The Labute approximate surface area is 102 Å². The van der Waals surface area contributed by atoms with Gasteiger partial charge < -0.3 is 21.1 Å². The summed E-state index contributed by atoms with van der Waals surface area (Å²) in [6.45, 7) is 5.86. The number of nitrogens with zero attached hydrogens (tertiary/aromatic N) is 1. The molecule has 0 aromatic heterocycles. The fourth-order valence-corrected chi connectivity index (χ4v) is 1.42. The normalized spacial score (nSPS) is 24.8. The third kappa shape index (κ3) is 5.83. The molecule has 0 spiro atoms. The molecule has 1 amide bonds. The maximum atomic E-state index is 13.2. The number of amides is 1. The summed E-state index contributed by atoms with van der Waals surface area (Å²) in [4.78, 5) is 12.9. The second-order valence-corrected chi connectivity index (χ2v) is 4.89. The molecule has 0 saturated carbocycles. The highest BCUT2D eigenvalue weighted by Gasteiger charge is 2.31. The Kier molecular flexibility index (Phi) is 6.41. The molecule has 1 rings (SSSR count). The van der Waals surface area contributed by atoms with E-state index in [4.69, 9.17) is 10.5 Å². The van der Waals surface area contributed by atoms with Gasteiger partial charge in [-0.25, -0.2) is 9.18 Å². The Morgan fingerprint density at radius 2 is 1.94 bits per heavy atom. The van der Waals surface area contributed by atoms with Gasteiger partial charge in [-0.3, -0.25) is 0 Å². The topological polar surface area (TPSA) is 81.6 Å². The highest BCUT2D eigenvalue weighted by Crippen LogP contribution is 2.16. The largest absolute Gasteiger partial charge is 0.444 e. The van der Waals surface area contributed by atoms with Gasteiger partial charge in [-0.15, -0.1) is 0 Å². The van der Waals surface area contributed by atoms with Gasteiger partial charge in [0.25, 0.3) is 0 Å². The number of likely N-dealkylation sites (tertiary alicyclic amines) is 1. The second-order valence-electron chi connectivity index (χ2n) is 4.89. The summed E-state index contributed by atoms with van der Waals surface area (Å²) in [5, 5.41) is 0. The molecule has 0 aromatic carbocycles. The van der Waals surface area contributed by atoms with Crippen LogP contribution in [0.1, 0.15) is 27.2 Å². The van der Waals surface area contributed by atoms with Crippen LogP contribution in [-0.4, -0.2) is 48.9 Å². The Balaban J connectivity index is 0.00000121. The maximum Gasteiger partial charge on any atom is 0.410 e. The first-order valence-electron chi connectivity index (χ1n) is 5.75. The summed E-state index contributed by atoms with van der Waals surface area (Å²) in [6.07, 6.45) is -1.12. The van der Waals surface area contributed by atoms with Gasteiger partial charge in [-0.05, 0) is 34.2 Å². The summed E-state index contributed by atoms with van der Waals surface area (Å²) >= 11 is 0. The molecule has 1 fully saturated rings. The molecule has 2 atom stereocenters. The molecule has 1 aliphatic rings. The lowest BCUT2D eigenvalue weighted by Crippen LogP contribution is -2.51. The van der Waals surface area contributed by atoms with E-state index in [0.29, 0.717) is 13.0 Å². The van der Waals surface area contributed by atoms with Crippen molar-refractivity contribution < 1.29 is 13.9 Å². The van der Waals surface area contributed by atoms with Crippen LogP contribution in [0.3, 0.4) is 0 Å². The standard InChI is InChI=1S/C10H19FN2O2.CH5N/c1-10(2,3)15-9(14)13-5-4-8(12)7(11)6-13;1-2/h7-8H,4-6,12H2,1-3H3;2H2,1H3. The third-order valence-electron chi connectivity index (χ3n) is 2.24. The van der Waals surface area contributed by atoms with Crippen LogP contribution >= 0.6 is 0 Å². The van der Waals surface area contributed by atoms with Crippen molar-refractivity contribution in [3.8, 4) is 0 Å². The van der Waals surface area contributed by atoms with Crippen LogP contribution in [0.5, 0.6) is 0 Å². The van der Waals surface area contributed by atoms with E-state index in [2.05, 4.69) is 5.73 Å². The molecular formula is C11H24FN3O2. The molecule has 1 aliphatic heterocycles. The van der Waals surface area contributed by atoms with Crippen molar-refractivity contribution in [2.75, 3.05) is 20.1 Å². The summed E-state index contributed by atoms with van der Waals surface area (Å²) in [6, 6.07) is -0.455. The van der Waals surface area contributed by atoms with Gasteiger partial charge in [0.2, 0.25) is 0 Å². The minimum atomic E-state index is -1.15. The number of carbonyl (C=O) groups excluding carboxylic acids is 1. The molecule has 0 bridgehead atoms. The fourth-order valence-electron chi connectivity index (χ4n) is 1.42. The molecule has 0 aromatic rings. The van der Waals surface area contributed by atoms with Crippen molar-refractivity contribution >= 4 is 6.09 Å². The lowest BCUT2D eigenvalue weighted by molar-refractivity contribution is 0.0116. The highest BCUT2D eigenvalue weighted by atomic mass is 19.1. The SMILES string of the molecule is CC(C)(C)OC(=O)N1CCC(N)C(F)C1.CN. The zero-order valence-electron chi connectivity index (χ0n) is 11.1. The van der Waals surface area contributed by atoms with Crippen LogP contribution in [0.2, 0.25) is 0 Å².